The van der Waals surface area contributed by atoms with Gasteiger partial charge in [-0.1, -0.05) is 0 Å². The number of methoxy groups -OCH3 is 2. The third kappa shape index (κ3) is 1.77. The van der Waals surface area contributed by atoms with Crippen molar-refractivity contribution in [1.29, 1.82) is 5.26 Å². The molecule has 2 aromatic rings. The van der Waals surface area contributed by atoms with E-state index in [1.807, 2.05) is 6.07 Å². The Kier molecular flexibility index (Phi) is 2.85. The number of aromatic nitrogens is 1. The Morgan fingerprint density at radius 3 is 2.88 bits per heavy atom. The molecular formula is C11H10N2O4. The quantitative estimate of drug-likeness (QED) is 0.752. The lowest BCUT2D eigenvalue weighted by molar-refractivity contribution is 0.0567. The van der Waals surface area contributed by atoms with Crippen molar-refractivity contribution >= 4 is 17.1 Å². The maximum Gasteiger partial charge on any atom is 0.354 e. The van der Waals surface area contributed by atoms with Crippen molar-refractivity contribution in [3.8, 4) is 6.07 Å². The van der Waals surface area contributed by atoms with E-state index >= 15 is 0 Å². The number of ether oxygens (including phenoxy) is 2. The molecule has 6 heteroatoms. The number of hydrogen-bond donors (Lipinski definition) is 0. The molecule has 0 aliphatic heterocycles. The highest BCUT2D eigenvalue weighted by Crippen LogP contribution is 2.24. The molecule has 0 N–H and O–H groups in total. The first-order chi connectivity index (χ1) is 8.21. The molecule has 88 valence electrons. The van der Waals surface area contributed by atoms with Gasteiger partial charge in [0.2, 0.25) is 11.5 Å². The summed E-state index contributed by atoms with van der Waals surface area (Å²) in [6.45, 7) is 0.145. The van der Waals surface area contributed by atoms with E-state index < -0.39 is 5.97 Å². The molecular weight excluding hydrogens is 224 g/mol. The zero-order valence-electron chi connectivity index (χ0n) is 9.39. The van der Waals surface area contributed by atoms with E-state index in [0.717, 1.165) is 0 Å². The molecule has 0 bridgehead atoms. The van der Waals surface area contributed by atoms with Crippen molar-refractivity contribution in [2.45, 2.75) is 6.73 Å². The monoisotopic (exact) mass is 234 g/mol. The first kappa shape index (κ1) is 11.2. The fourth-order valence-corrected chi connectivity index (χ4v) is 1.63. The lowest BCUT2D eigenvalue weighted by Gasteiger charge is -2.05. The van der Waals surface area contributed by atoms with Crippen LogP contribution in [-0.4, -0.2) is 24.8 Å². The fourth-order valence-electron chi connectivity index (χ4n) is 1.63. The number of fused-ring (bicyclic) bond motifs is 1. The summed E-state index contributed by atoms with van der Waals surface area (Å²) in [6, 6.07) is 5.06. The SMILES string of the molecule is COCn1c(C(=O)OC)cc2cc(C#N)oc21. The van der Waals surface area contributed by atoms with Gasteiger partial charge < -0.3 is 13.9 Å². The summed E-state index contributed by atoms with van der Waals surface area (Å²) < 4.78 is 16.4. The van der Waals surface area contributed by atoms with Gasteiger partial charge in [-0.05, 0) is 6.07 Å². The summed E-state index contributed by atoms with van der Waals surface area (Å²) in [5.41, 5.74) is 0.747. The van der Waals surface area contributed by atoms with Gasteiger partial charge in [0.25, 0.3) is 0 Å². The van der Waals surface area contributed by atoms with Crippen molar-refractivity contribution in [1.82, 2.24) is 4.57 Å². The molecule has 2 rings (SSSR count). The Balaban J connectivity index is 2.61. The van der Waals surface area contributed by atoms with Crippen LogP contribution in [-0.2, 0) is 16.2 Å². The van der Waals surface area contributed by atoms with Crippen molar-refractivity contribution in [3.05, 3.63) is 23.6 Å². The minimum Gasteiger partial charge on any atom is -0.464 e. The number of carbonyl (C=O) groups is 1. The second kappa shape index (κ2) is 4.31. The maximum atomic E-state index is 11.5. The molecule has 0 spiro atoms. The van der Waals surface area contributed by atoms with Crippen LogP contribution in [0.3, 0.4) is 0 Å². The van der Waals surface area contributed by atoms with E-state index in [2.05, 4.69) is 4.74 Å². The van der Waals surface area contributed by atoms with Crippen LogP contribution >= 0.6 is 0 Å². The van der Waals surface area contributed by atoms with Gasteiger partial charge in [0.15, 0.2) is 0 Å². The maximum absolute atomic E-state index is 11.5. The van der Waals surface area contributed by atoms with Gasteiger partial charge >= 0.3 is 5.97 Å². The lowest BCUT2D eigenvalue weighted by atomic mass is 10.3. The molecule has 0 aliphatic carbocycles. The summed E-state index contributed by atoms with van der Waals surface area (Å²) in [5, 5.41) is 9.39. The van der Waals surface area contributed by atoms with E-state index in [0.29, 0.717) is 16.8 Å². The normalized spacial score (nSPS) is 10.4. The number of hydrogen-bond acceptors (Lipinski definition) is 5. The second-order valence-electron chi connectivity index (χ2n) is 3.35. The Bertz CT molecular complexity index is 603. The smallest absolute Gasteiger partial charge is 0.354 e. The van der Waals surface area contributed by atoms with Crippen LogP contribution in [0.25, 0.3) is 11.1 Å². The zero-order valence-corrected chi connectivity index (χ0v) is 9.39. The second-order valence-corrected chi connectivity index (χ2v) is 3.35. The minimum atomic E-state index is -0.480. The van der Waals surface area contributed by atoms with Gasteiger partial charge in [0.05, 0.1) is 7.11 Å². The summed E-state index contributed by atoms with van der Waals surface area (Å²) in [4.78, 5) is 11.5. The topological polar surface area (TPSA) is 77.4 Å². The molecule has 0 amide bonds. The number of carbonyl (C=O) groups excluding carboxylic acids is 1. The van der Waals surface area contributed by atoms with E-state index in [1.54, 1.807) is 12.1 Å². The largest absolute Gasteiger partial charge is 0.464 e. The van der Waals surface area contributed by atoms with Gasteiger partial charge in [-0.2, -0.15) is 5.26 Å². The molecule has 2 aromatic heterocycles. The number of esters is 1. The van der Waals surface area contributed by atoms with Crippen molar-refractivity contribution in [2.75, 3.05) is 14.2 Å². The van der Waals surface area contributed by atoms with E-state index in [-0.39, 0.29) is 12.5 Å². The molecule has 0 saturated heterocycles. The third-order valence-electron chi connectivity index (χ3n) is 2.33. The van der Waals surface area contributed by atoms with Crippen molar-refractivity contribution in [2.24, 2.45) is 0 Å². The number of furan rings is 1. The Hall–Kier alpha value is -2.26. The van der Waals surface area contributed by atoms with Gasteiger partial charge in [0.1, 0.15) is 18.5 Å². The van der Waals surface area contributed by atoms with Gasteiger partial charge in [-0.3, -0.25) is 4.57 Å². The molecule has 6 nitrogen and oxygen atoms in total. The molecule has 0 aliphatic rings. The Morgan fingerprint density at radius 1 is 1.53 bits per heavy atom. The lowest BCUT2D eigenvalue weighted by Crippen LogP contribution is -2.11. The summed E-state index contributed by atoms with van der Waals surface area (Å²) in [5.74, 6) is -0.289. The molecule has 0 aromatic carbocycles. The molecule has 0 saturated carbocycles. The molecule has 0 unspecified atom stereocenters. The van der Waals surface area contributed by atoms with Crippen LogP contribution in [0.4, 0.5) is 0 Å². The van der Waals surface area contributed by atoms with E-state index in [9.17, 15) is 4.79 Å². The van der Waals surface area contributed by atoms with Gasteiger partial charge in [0, 0.05) is 18.6 Å². The number of rotatable bonds is 3. The fraction of sp³-hybridized carbons (Fsp3) is 0.273. The van der Waals surface area contributed by atoms with Crippen LogP contribution in [0.5, 0.6) is 0 Å². The van der Waals surface area contributed by atoms with Crippen LogP contribution in [0.2, 0.25) is 0 Å². The van der Waals surface area contributed by atoms with E-state index in [4.69, 9.17) is 14.4 Å². The van der Waals surface area contributed by atoms with Crippen molar-refractivity contribution < 1.29 is 18.7 Å². The Morgan fingerprint density at radius 2 is 2.29 bits per heavy atom. The molecule has 0 atom stereocenters. The van der Waals surface area contributed by atoms with Crippen LogP contribution in [0.1, 0.15) is 16.2 Å². The molecule has 0 radical (unpaired) electrons. The highest BCUT2D eigenvalue weighted by Gasteiger charge is 2.19. The predicted octanol–water partition coefficient (Wildman–Crippen LogP) is 1.50. The number of nitrogens with zero attached hydrogens (tertiary/aromatic N) is 2. The molecule has 2 heterocycles. The van der Waals surface area contributed by atoms with Gasteiger partial charge in [-0.25, -0.2) is 4.79 Å². The van der Waals surface area contributed by atoms with Crippen LogP contribution < -0.4 is 0 Å². The number of nitriles is 1. The highest BCUT2D eigenvalue weighted by molar-refractivity contribution is 5.94. The summed E-state index contributed by atoms with van der Waals surface area (Å²) in [7, 11) is 2.80. The van der Waals surface area contributed by atoms with Crippen molar-refractivity contribution in [3.63, 3.8) is 0 Å². The summed E-state index contributed by atoms with van der Waals surface area (Å²) in [6.07, 6.45) is 0. The first-order valence-electron chi connectivity index (χ1n) is 4.81. The zero-order chi connectivity index (χ0) is 12.4. The van der Waals surface area contributed by atoms with Crippen LogP contribution in [0.15, 0.2) is 16.5 Å². The average molecular weight is 234 g/mol. The standard InChI is InChI=1S/C11H10N2O4/c1-15-6-13-9(11(14)16-2)4-7-3-8(5-12)17-10(7)13/h3-4H,6H2,1-2H3. The van der Waals surface area contributed by atoms with E-state index in [1.165, 1.54) is 18.8 Å². The third-order valence-corrected chi connectivity index (χ3v) is 2.33. The molecule has 0 fully saturated rings. The minimum absolute atomic E-state index is 0.145. The average Bonchev–Trinajstić information content (AvgIpc) is 2.87. The predicted molar refractivity (Wildman–Crippen MR) is 57.3 cm³/mol. The van der Waals surface area contributed by atoms with Gasteiger partial charge in [-0.15, -0.1) is 0 Å². The highest BCUT2D eigenvalue weighted by atomic mass is 16.5. The summed E-state index contributed by atoms with van der Waals surface area (Å²) >= 11 is 0. The first-order valence-corrected chi connectivity index (χ1v) is 4.81. The molecule has 17 heavy (non-hydrogen) atoms. The Labute approximate surface area is 96.9 Å². The van der Waals surface area contributed by atoms with Crippen LogP contribution in [0, 0.1) is 11.3 Å².